The molecule has 13 atom stereocenters. The molecule has 0 bridgehead atoms. The van der Waals surface area contributed by atoms with Gasteiger partial charge < -0.3 is 55.1 Å². The summed E-state index contributed by atoms with van der Waals surface area (Å²) in [5.41, 5.74) is 10.3. The molecule has 9 rings (SSSR count). The lowest BCUT2D eigenvalue weighted by molar-refractivity contribution is -0.145. The first kappa shape index (κ1) is 93.7. The smallest absolute Gasteiger partial charge is 0.333 e. The monoisotopic (exact) mass is 1600 g/mol. The van der Waals surface area contributed by atoms with Crippen LogP contribution in [0, 0.1) is 59.2 Å². The molecule has 594 valence electrons. The van der Waals surface area contributed by atoms with Crippen LogP contribution in [0.25, 0.3) is 0 Å². The predicted molar refractivity (Wildman–Crippen MR) is 431 cm³/mol. The van der Waals surface area contributed by atoms with E-state index in [1.165, 1.54) is 71.0 Å². The summed E-state index contributed by atoms with van der Waals surface area (Å²) >= 11 is 2.37. The second-order valence-electron chi connectivity index (χ2n) is 30.2. The number of carboxylic acid groups (broad SMARTS) is 1. The van der Waals surface area contributed by atoms with Gasteiger partial charge in [0.25, 0.3) is 0 Å². The number of carbonyl (C=O) groups excluding carboxylic acids is 8. The first-order valence-corrected chi connectivity index (χ1v) is 40.1. The van der Waals surface area contributed by atoms with Crippen LogP contribution in [0.3, 0.4) is 0 Å². The summed E-state index contributed by atoms with van der Waals surface area (Å²) in [5.74, 6) is 3.31. The highest BCUT2D eigenvalue weighted by Crippen LogP contribution is 2.35. The van der Waals surface area contributed by atoms with Gasteiger partial charge in [0.15, 0.2) is 0 Å². The van der Waals surface area contributed by atoms with E-state index in [1.807, 2.05) is 121 Å². The molecule has 5 amide bonds. The third kappa shape index (κ3) is 34.3. The van der Waals surface area contributed by atoms with Crippen LogP contribution in [-0.4, -0.2) is 155 Å². The number of aliphatic carboxylic acids is 1. The lowest BCUT2D eigenvalue weighted by Gasteiger charge is -2.25. The molecule has 5 N–H and O–H groups in total. The van der Waals surface area contributed by atoms with Crippen LogP contribution in [0.15, 0.2) is 133 Å². The number of esters is 3. The predicted octanol–water partition coefficient (Wildman–Crippen LogP) is 15.1. The fraction of sp³-hybridized carbons (Fsp3) is 0.593. The zero-order valence-electron chi connectivity index (χ0n) is 66.6. The number of hydrogen-bond donors (Lipinski definition) is 4. The van der Waals surface area contributed by atoms with Crippen molar-refractivity contribution in [1.29, 1.82) is 0 Å². The van der Waals surface area contributed by atoms with E-state index in [1.54, 1.807) is 4.90 Å². The van der Waals surface area contributed by atoms with Crippen molar-refractivity contribution < 1.29 is 67.6 Å². The highest BCUT2D eigenvalue weighted by atomic mass is 127. The number of nitrogens with zero attached hydrogens (tertiary/aromatic N) is 4. The Kier molecular flexibility index (Phi) is 44.7. The summed E-state index contributed by atoms with van der Waals surface area (Å²) in [4.78, 5) is 110. The van der Waals surface area contributed by atoms with Crippen LogP contribution in [0.5, 0.6) is 0 Å². The van der Waals surface area contributed by atoms with E-state index in [0.717, 1.165) is 79.1 Å². The Morgan fingerprint density at radius 3 is 1.26 bits per heavy atom. The summed E-state index contributed by atoms with van der Waals surface area (Å²) in [7, 11) is 3.83. The standard InChI is InChI=1S/C18H27NO.C14H17NO3.C13H16INO.C13H17NO2.C11H23NO2.C10H19NO.C7H10O4/c1-4-8-14(2)11-16-12-18(20)19(13-16)15(3)17-9-6-5-7-10-17;1-10(11-6-4-3-5-7-11)15-9-12(8-13(15)16)14(17)18-2;1-10(12-5-3-2-4-6-12)15-9-11(8-14)7-13(15)16;1-10(12-5-3-2-4-6-12)14-8-11(9-15)7-13(14)16;1-8(2)4-9(3)5-10(7-12)6-11(13)14;1-3-4-8(2)5-9-6-10(12)11-7-9;1-5(7(9)11-3)4-6(8)10-2/h5-7,9-10,14-16H,4,8,11-13H2,1-3H3;3-7,10,12H,8-9H2,1-2H3;2-6,10-11H,7-9H2,1H3;2-6,10-11,15H,7-9H2,1H3;8-10H,4-7,12H2,1-3H3,(H,13,14);8-9H,3-7H2,1-2H3,(H,11,12);1,4H2,2-3H3/t14?,15-,16-;10-,12-;10-,11+;10-,11-;9?,10-;8?,9-;/m000000./s1. The lowest BCUT2D eigenvalue weighted by Crippen LogP contribution is -2.29. The molecule has 5 fully saturated rings. The van der Waals surface area contributed by atoms with Gasteiger partial charge >= 0.3 is 23.9 Å². The zero-order valence-corrected chi connectivity index (χ0v) is 68.8. The van der Waals surface area contributed by atoms with Gasteiger partial charge in [-0.3, -0.25) is 38.4 Å². The van der Waals surface area contributed by atoms with E-state index in [-0.39, 0.29) is 97.1 Å². The number of halogens is 1. The normalized spacial score (nSPS) is 20.1. The van der Waals surface area contributed by atoms with Crippen molar-refractivity contribution >= 4 is 76.0 Å². The molecule has 21 heteroatoms. The lowest BCUT2D eigenvalue weighted by atomic mass is 9.88. The number of nitrogens with two attached hydrogens (primary N) is 1. The van der Waals surface area contributed by atoms with Crippen molar-refractivity contribution in [2.24, 2.45) is 64.9 Å². The molecule has 107 heavy (non-hydrogen) atoms. The van der Waals surface area contributed by atoms with E-state index in [4.69, 9.17) is 20.7 Å². The van der Waals surface area contributed by atoms with Crippen molar-refractivity contribution in [3.8, 4) is 0 Å². The Hall–Kier alpha value is -7.50. The Balaban J connectivity index is 0.000000327. The summed E-state index contributed by atoms with van der Waals surface area (Å²) in [5, 5.41) is 20.6. The largest absolute Gasteiger partial charge is 0.481 e. The number of ether oxygens (including phenoxy) is 3. The number of aliphatic hydroxyl groups excluding tert-OH is 1. The fourth-order valence-electron chi connectivity index (χ4n) is 14.6. The highest BCUT2D eigenvalue weighted by molar-refractivity contribution is 14.1. The third-order valence-electron chi connectivity index (χ3n) is 20.4. The van der Waals surface area contributed by atoms with Crippen LogP contribution >= 0.6 is 22.6 Å². The second-order valence-corrected chi connectivity index (χ2v) is 31.0. The second kappa shape index (κ2) is 51.0. The number of rotatable bonds is 29. The first-order valence-electron chi connectivity index (χ1n) is 38.6. The number of carbonyl (C=O) groups is 9. The maximum absolute atomic E-state index is 12.3. The molecule has 5 aliphatic heterocycles. The van der Waals surface area contributed by atoms with Gasteiger partial charge in [-0.15, -0.1) is 0 Å². The average Bonchev–Trinajstić information content (AvgIpc) is 1.40. The molecule has 0 radical (unpaired) electrons. The molecule has 0 saturated carbocycles. The topological polar surface area (TPSA) is 273 Å². The number of aliphatic hydroxyl groups is 1. The third-order valence-corrected chi connectivity index (χ3v) is 21.7. The van der Waals surface area contributed by atoms with Gasteiger partial charge in [0.05, 0.1) is 57.8 Å². The van der Waals surface area contributed by atoms with E-state index in [2.05, 4.69) is 135 Å². The van der Waals surface area contributed by atoms with Gasteiger partial charge in [-0.25, -0.2) is 4.79 Å². The minimum atomic E-state index is -0.739. The van der Waals surface area contributed by atoms with Gasteiger partial charge in [-0.2, -0.15) is 0 Å². The number of methoxy groups -OCH3 is 3. The number of amides is 5. The minimum absolute atomic E-state index is 0.00615. The maximum atomic E-state index is 12.3. The van der Waals surface area contributed by atoms with Crippen molar-refractivity contribution in [1.82, 2.24) is 24.9 Å². The Labute approximate surface area is 653 Å². The maximum Gasteiger partial charge on any atom is 0.333 e. The SMILES string of the molecule is C=C(CC(=O)OC)C(=O)OC.CC(C)CC(C)C[C@H](CN)CC(=O)O.CCCC(C)C[C@@H]1CNC(=O)C1.CCCC(C)C[C@H]1CC(=O)N([C@@H](C)c2ccccc2)C1.COC(=O)[C@H]1CC(=O)N([C@@H](C)c2ccccc2)C1.C[C@@H](c1ccccc1)N1C[C@@H](CI)CC1=O.C[C@@H](c1ccccc1)N1C[C@@H](CO)CC1=O. The van der Waals surface area contributed by atoms with Crippen molar-refractivity contribution in [3.05, 3.63) is 156 Å². The molecule has 5 saturated heterocycles. The van der Waals surface area contributed by atoms with E-state index >= 15 is 0 Å². The molecule has 0 aliphatic carbocycles. The van der Waals surface area contributed by atoms with Crippen molar-refractivity contribution in [2.45, 2.75) is 197 Å². The molecule has 4 aromatic rings. The molecule has 5 heterocycles. The average molecular weight is 1600 g/mol. The molecule has 0 aromatic heterocycles. The van der Waals surface area contributed by atoms with Crippen LogP contribution in [0.1, 0.15) is 219 Å². The van der Waals surface area contributed by atoms with Crippen LogP contribution in [-0.2, 0) is 57.4 Å². The summed E-state index contributed by atoms with van der Waals surface area (Å²) in [6, 6.07) is 40.9. The van der Waals surface area contributed by atoms with Crippen LogP contribution < -0.4 is 11.1 Å². The van der Waals surface area contributed by atoms with Gasteiger partial charge in [0.1, 0.15) is 0 Å². The highest BCUT2D eigenvalue weighted by Gasteiger charge is 2.39. The number of benzene rings is 4. The molecule has 0 spiro atoms. The van der Waals surface area contributed by atoms with Crippen LogP contribution in [0.4, 0.5) is 0 Å². The van der Waals surface area contributed by atoms with Crippen molar-refractivity contribution in [3.63, 3.8) is 0 Å². The molecule has 5 aliphatic rings. The van der Waals surface area contributed by atoms with Gasteiger partial charge in [-0.05, 0) is 130 Å². The zero-order chi connectivity index (χ0) is 79.7. The van der Waals surface area contributed by atoms with Crippen molar-refractivity contribution in [2.75, 3.05) is 71.6 Å². The summed E-state index contributed by atoms with van der Waals surface area (Å²) < 4.78 is 14.4. The van der Waals surface area contributed by atoms with Crippen LogP contribution in [0.2, 0.25) is 0 Å². The number of alkyl halides is 1. The Bertz CT molecular complexity index is 3220. The summed E-state index contributed by atoms with van der Waals surface area (Å²) in [6.07, 6.45) is 12.6. The number of likely N-dealkylation sites (tertiary alicyclic amines) is 4. The summed E-state index contributed by atoms with van der Waals surface area (Å²) in [6.45, 7) is 31.7. The molecular formula is C86H129IN6O14. The molecule has 4 aromatic carbocycles. The molecular weight excluding hydrogens is 1470 g/mol. The Morgan fingerprint density at radius 2 is 0.925 bits per heavy atom. The quantitative estimate of drug-likeness (QED) is 0.0129. The molecule has 20 nitrogen and oxygen atoms in total. The van der Waals surface area contributed by atoms with Gasteiger partial charge in [0.2, 0.25) is 29.5 Å². The molecule has 3 unspecified atom stereocenters. The van der Waals surface area contributed by atoms with E-state index in [9.17, 15) is 43.2 Å². The van der Waals surface area contributed by atoms with Gasteiger partial charge in [0, 0.05) is 93.8 Å². The number of carboxylic acids is 1. The fourth-order valence-corrected chi connectivity index (χ4v) is 15.2. The first-order chi connectivity index (χ1) is 51.0. The number of hydrogen-bond acceptors (Lipinski definition) is 14. The Morgan fingerprint density at radius 1 is 0.533 bits per heavy atom. The van der Waals surface area contributed by atoms with Gasteiger partial charge in [-0.1, -0.05) is 225 Å². The van der Waals surface area contributed by atoms with E-state index in [0.29, 0.717) is 67.5 Å². The van der Waals surface area contributed by atoms with E-state index < -0.39 is 17.9 Å². The number of nitrogens with one attached hydrogen (secondary N) is 1. The minimum Gasteiger partial charge on any atom is -0.481 e.